The molecule has 32 heavy (non-hydrogen) atoms. The smallest absolute Gasteiger partial charge is 0.227 e. The Morgan fingerprint density at radius 1 is 1.06 bits per heavy atom. The van der Waals surface area contributed by atoms with Gasteiger partial charge in [-0.25, -0.2) is 0 Å². The Morgan fingerprint density at radius 2 is 1.81 bits per heavy atom. The van der Waals surface area contributed by atoms with Crippen LogP contribution in [0.5, 0.6) is 0 Å². The van der Waals surface area contributed by atoms with Gasteiger partial charge in [0, 0.05) is 31.6 Å². The van der Waals surface area contributed by atoms with Crippen molar-refractivity contribution in [3.05, 3.63) is 70.8 Å². The largest absolute Gasteiger partial charge is 0.342 e. The molecule has 1 N–H and O–H groups in total. The van der Waals surface area contributed by atoms with E-state index in [4.69, 9.17) is 0 Å². The second-order valence-electron chi connectivity index (χ2n) is 11.3. The molecule has 2 aliphatic heterocycles. The first-order valence-corrected chi connectivity index (χ1v) is 12.6. The lowest BCUT2D eigenvalue weighted by molar-refractivity contribution is -0.138. The van der Waals surface area contributed by atoms with Crippen molar-refractivity contribution < 1.29 is 4.79 Å². The Balaban J connectivity index is 1.36. The molecule has 0 saturated carbocycles. The van der Waals surface area contributed by atoms with E-state index in [0.717, 1.165) is 51.9 Å². The van der Waals surface area contributed by atoms with Crippen LogP contribution in [0.3, 0.4) is 0 Å². The van der Waals surface area contributed by atoms with Gasteiger partial charge in [-0.2, -0.15) is 0 Å². The Bertz CT molecular complexity index is 968. The van der Waals surface area contributed by atoms with E-state index < -0.39 is 0 Å². The van der Waals surface area contributed by atoms with Crippen LogP contribution in [-0.4, -0.2) is 37.0 Å². The molecular formula is C29H38N2O. The minimum absolute atomic E-state index is 0.0304. The molecule has 2 fully saturated rings. The van der Waals surface area contributed by atoms with Crippen LogP contribution in [-0.2, 0) is 22.0 Å². The molecule has 0 radical (unpaired) electrons. The van der Waals surface area contributed by atoms with Crippen molar-refractivity contribution in [1.82, 2.24) is 10.2 Å². The molecule has 2 unspecified atom stereocenters. The molecule has 0 aromatic heterocycles. The number of nitrogens with zero attached hydrogens (tertiary/aromatic N) is 1. The van der Waals surface area contributed by atoms with Gasteiger partial charge in [0.15, 0.2) is 0 Å². The summed E-state index contributed by atoms with van der Waals surface area (Å²) in [6.07, 6.45) is 5.61. The highest BCUT2D eigenvalue weighted by Gasteiger charge is 2.51. The van der Waals surface area contributed by atoms with E-state index in [0.29, 0.717) is 11.8 Å². The summed E-state index contributed by atoms with van der Waals surface area (Å²) in [6.45, 7) is 10.4. The number of amides is 1. The second kappa shape index (κ2) is 8.33. The van der Waals surface area contributed by atoms with E-state index in [2.05, 4.69) is 79.5 Å². The molecule has 3 aliphatic rings. The third kappa shape index (κ3) is 3.79. The number of fused-ring (bicyclic) bond motifs is 2. The van der Waals surface area contributed by atoms with Crippen LogP contribution in [0.15, 0.2) is 48.5 Å². The fourth-order valence-corrected chi connectivity index (χ4v) is 6.49. The van der Waals surface area contributed by atoms with Gasteiger partial charge in [0.1, 0.15) is 0 Å². The summed E-state index contributed by atoms with van der Waals surface area (Å²) in [5.41, 5.74) is 5.88. The van der Waals surface area contributed by atoms with Crippen molar-refractivity contribution in [1.29, 1.82) is 0 Å². The molecule has 2 saturated heterocycles. The number of nitrogens with one attached hydrogen (secondary N) is 1. The number of piperidine rings is 1. The number of hydrogen-bond donors (Lipinski definition) is 1. The standard InChI is InChI=1S/C29H38N2O/c1-28(2,3)24-11-12-25-23(18-24)10-7-15-29(25)20-30-19-26(29)27(32)31-16-13-22(14-17-31)21-8-5-4-6-9-21/h4-6,8-9,11-12,18,22,26,30H,7,10,13-17,19-20H2,1-3H3. The number of benzene rings is 2. The van der Waals surface area contributed by atoms with Gasteiger partial charge >= 0.3 is 0 Å². The fraction of sp³-hybridized carbons (Fsp3) is 0.552. The number of likely N-dealkylation sites (tertiary alicyclic amines) is 1. The molecule has 5 rings (SSSR count). The van der Waals surface area contributed by atoms with Crippen molar-refractivity contribution in [2.45, 2.75) is 69.6 Å². The van der Waals surface area contributed by atoms with Crippen molar-refractivity contribution in [2.24, 2.45) is 5.92 Å². The van der Waals surface area contributed by atoms with Crippen LogP contribution < -0.4 is 5.32 Å². The van der Waals surface area contributed by atoms with Gasteiger partial charge in [-0.1, -0.05) is 69.3 Å². The number of hydrogen-bond acceptors (Lipinski definition) is 2. The molecule has 1 aliphatic carbocycles. The summed E-state index contributed by atoms with van der Waals surface area (Å²) in [5, 5.41) is 3.63. The summed E-state index contributed by atoms with van der Waals surface area (Å²) in [4.78, 5) is 16.0. The van der Waals surface area contributed by atoms with Crippen molar-refractivity contribution in [2.75, 3.05) is 26.2 Å². The minimum atomic E-state index is -0.0304. The van der Waals surface area contributed by atoms with Crippen LogP contribution in [0, 0.1) is 5.92 Å². The number of aryl methyl sites for hydroxylation is 1. The molecule has 1 spiro atoms. The molecule has 1 amide bonds. The first-order valence-electron chi connectivity index (χ1n) is 12.6. The maximum atomic E-state index is 13.8. The fourth-order valence-electron chi connectivity index (χ4n) is 6.49. The molecular weight excluding hydrogens is 392 g/mol. The molecule has 3 heteroatoms. The molecule has 170 valence electrons. The Kier molecular flexibility index (Phi) is 5.65. The predicted molar refractivity (Wildman–Crippen MR) is 131 cm³/mol. The molecule has 2 aromatic rings. The SMILES string of the molecule is CC(C)(C)c1ccc2c(c1)CCCC21CNCC1C(=O)N1CCC(c2ccccc2)CC1. The van der Waals surface area contributed by atoms with Crippen LogP contribution in [0.4, 0.5) is 0 Å². The summed E-state index contributed by atoms with van der Waals surface area (Å²) >= 11 is 0. The van der Waals surface area contributed by atoms with Crippen LogP contribution >= 0.6 is 0 Å². The van der Waals surface area contributed by atoms with Gasteiger partial charge < -0.3 is 10.2 Å². The highest BCUT2D eigenvalue weighted by Crippen LogP contribution is 2.47. The van der Waals surface area contributed by atoms with E-state index in [1.807, 2.05) is 0 Å². The number of carbonyl (C=O) groups excluding carboxylic acids is 1. The Hall–Kier alpha value is -2.13. The normalized spacial score (nSPS) is 26.3. The van der Waals surface area contributed by atoms with E-state index in [1.165, 1.54) is 28.7 Å². The monoisotopic (exact) mass is 430 g/mol. The Labute approximate surface area is 193 Å². The van der Waals surface area contributed by atoms with Crippen LogP contribution in [0.2, 0.25) is 0 Å². The molecule has 3 nitrogen and oxygen atoms in total. The summed E-state index contributed by atoms with van der Waals surface area (Å²) in [7, 11) is 0. The Morgan fingerprint density at radius 3 is 2.53 bits per heavy atom. The van der Waals surface area contributed by atoms with Crippen molar-refractivity contribution in [3.8, 4) is 0 Å². The van der Waals surface area contributed by atoms with E-state index in [9.17, 15) is 4.79 Å². The van der Waals surface area contributed by atoms with Crippen LogP contribution in [0.1, 0.15) is 74.6 Å². The zero-order valence-corrected chi connectivity index (χ0v) is 20.0. The second-order valence-corrected chi connectivity index (χ2v) is 11.3. The third-order valence-electron chi connectivity index (χ3n) is 8.41. The van der Waals surface area contributed by atoms with Gasteiger partial charge in [0.25, 0.3) is 0 Å². The zero-order chi connectivity index (χ0) is 22.3. The maximum Gasteiger partial charge on any atom is 0.227 e. The molecule has 0 bridgehead atoms. The van der Waals surface area contributed by atoms with Gasteiger partial charge in [-0.05, 0) is 65.7 Å². The lowest BCUT2D eigenvalue weighted by atomic mass is 9.63. The van der Waals surface area contributed by atoms with Gasteiger partial charge in [-0.3, -0.25) is 4.79 Å². The molecule has 2 atom stereocenters. The predicted octanol–water partition coefficient (Wildman–Crippen LogP) is 5.18. The first kappa shape index (κ1) is 21.7. The quantitative estimate of drug-likeness (QED) is 0.712. The summed E-state index contributed by atoms with van der Waals surface area (Å²) in [6, 6.07) is 17.9. The van der Waals surface area contributed by atoms with Gasteiger partial charge in [0.2, 0.25) is 5.91 Å². The van der Waals surface area contributed by atoms with Crippen molar-refractivity contribution in [3.63, 3.8) is 0 Å². The van der Waals surface area contributed by atoms with Gasteiger partial charge in [0.05, 0.1) is 5.92 Å². The third-order valence-corrected chi connectivity index (χ3v) is 8.41. The molecule has 2 aromatic carbocycles. The maximum absolute atomic E-state index is 13.8. The summed E-state index contributed by atoms with van der Waals surface area (Å²) < 4.78 is 0. The topological polar surface area (TPSA) is 32.3 Å². The number of rotatable bonds is 2. The zero-order valence-electron chi connectivity index (χ0n) is 20.0. The average Bonchev–Trinajstić information content (AvgIpc) is 3.22. The van der Waals surface area contributed by atoms with Crippen molar-refractivity contribution >= 4 is 5.91 Å². The average molecular weight is 431 g/mol. The van der Waals surface area contributed by atoms with Gasteiger partial charge in [-0.15, -0.1) is 0 Å². The number of carbonyl (C=O) groups is 1. The van der Waals surface area contributed by atoms with E-state index in [-0.39, 0.29) is 16.7 Å². The molecule has 2 heterocycles. The van der Waals surface area contributed by atoms with Crippen LogP contribution in [0.25, 0.3) is 0 Å². The lowest BCUT2D eigenvalue weighted by Gasteiger charge is -2.42. The highest BCUT2D eigenvalue weighted by atomic mass is 16.2. The lowest BCUT2D eigenvalue weighted by Crippen LogP contribution is -2.49. The first-order chi connectivity index (χ1) is 15.4. The minimum Gasteiger partial charge on any atom is -0.342 e. The highest BCUT2D eigenvalue weighted by molar-refractivity contribution is 5.82. The summed E-state index contributed by atoms with van der Waals surface area (Å²) in [5.74, 6) is 1.03. The van der Waals surface area contributed by atoms with E-state index >= 15 is 0 Å². The van der Waals surface area contributed by atoms with E-state index in [1.54, 1.807) is 0 Å².